The quantitative estimate of drug-likeness (QED) is 0.221. The van der Waals surface area contributed by atoms with E-state index in [9.17, 15) is 0 Å². The van der Waals surface area contributed by atoms with E-state index in [1.807, 2.05) is 0 Å². The second-order valence-corrected chi connectivity index (χ2v) is 8.50. The van der Waals surface area contributed by atoms with Gasteiger partial charge in [0, 0.05) is 5.39 Å². The third-order valence-electron chi connectivity index (χ3n) is 6.30. The summed E-state index contributed by atoms with van der Waals surface area (Å²) in [6.45, 7) is 7.57. The molecule has 0 atom stereocenters. The molecule has 0 aliphatic carbocycles. The van der Waals surface area contributed by atoms with Gasteiger partial charge in [-0.25, -0.2) is 0 Å². The van der Waals surface area contributed by atoms with Crippen LogP contribution in [0.25, 0.3) is 21.5 Å². The summed E-state index contributed by atoms with van der Waals surface area (Å²) in [6, 6.07) is 15.2. The van der Waals surface area contributed by atoms with Gasteiger partial charge >= 0.3 is 0 Å². The van der Waals surface area contributed by atoms with Crippen molar-refractivity contribution >= 4 is 21.5 Å². The van der Waals surface area contributed by atoms with Gasteiger partial charge in [0.1, 0.15) is 5.75 Å². The standard InChI is InChI=1S/C28H38O/c1-4-5-6-7-8-9-10-11-12-15-21-29-27-20-16-19-26-22(2)24-17-13-14-18-25(24)23(3)28(26)27/h13-14,16-20H,4-12,15,21H2,1-3H3. The van der Waals surface area contributed by atoms with E-state index >= 15 is 0 Å². The van der Waals surface area contributed by atoms with Gasteiger partial charge < -0.3 is 4.74 Å². The topological polar surface area (TPSA) is 9.23 Å². The molecular formula is C28H38O. The van der Waals surface area contributed by atoms with Crippen molar-refractivity contribution in [3.05, 3.63) is 53.6 Å². The predicted octanol–water partition coefficient (Wildman–Crippen LogP) is 8.91. The zero-order valence-electron chi connectivity index (χ0n) is 18.7. The van der Waals surface area contributed by atoms with E-state index in [0.717, 1.165) is 18.8 Å². The van der Waals surface area contributed by atoms with Crippen LogP contribution in [0, 0.1) is 13.8 Å². The molecule has 1 nitrogen and oxygen atoms in total. The molecule has 0 aliphatic rings. The van der Waals surface area contributed by atoms with Crippen molar-refractivity contribution in [3.63, 3.8) is 0 Å². The molecule has 29 heavy (non-hydrogen) atoms. The smallest absolute Gasteiger partial charge is 0.127 e. The number of unbranched alkanes of at least 4 members (excludes halogenated alkanes) is 9. The average molecular weight is 391 g/mol. The summed E-state index contributed by atoms with van der Waals surface area (Å²) in [5.74, 6) is 1.05. The SMILES string of the molecule is CCCCCCCCCCCCOc1cccc2c(C)c3ccccc3c(C)c12. The molecule has 0 aromatic heterocycles. The summed E-state index contributed by atoms with van der Waals surface area (Å²) >= 11 is 0. The predicted molar refractivity (Wildman–Crippen MR) is 128 cm³/mol. The Morgan fingerprint density at radius 3 is 1.79 bits per heavy atom. The molecule has 156 valence electrons. The summed E-state index contributed by atoms with van der Waals surface area (Å²) in [4.78, 5) is 0. The molecule has 0 saturated carbocycles. The van der Waals surface area contributed by atoms with Gasteiger partial charge in [-0.3, -0.25) is 0 Å². The lowest BCUT2D eigenvalue weighted by Crippen LogP contribution is -1.99. The van der Waals surface area contributed by atoms with Gasteiger partial charge in [-0.2, -0.15) is 0 Å². The van der Waals surface area contributed by atoms with Crippen molar-refractivity contribution in [2.75, 3.05) is 6.61 Å². The van der Waals surface area contributed by atoms with Crippen LogP contribution in [0.5, 0.6) is 5.75 Å². The molecule has 3 aromatic carbocycles. The van der Waals surface area contributed by atoms with E-state index in [0.29, 0.717) is 0 Å². The van der Waals surface area contributed by atoms with Crippen molar-refractivity contribution < 1.29 is 4.74 Å². The minimum Gasteiger partial charge on any atom is -0.493 e. The maximum absolute atomic E-state index is 6.28. The number of hydrogen-bond donors (Lipinski definition) is 0. The number of aryl methyl sites for hydroxylation is 2. The molecule has 0 unspecified atom stereocenters. The Bertz CT molecular complexity index is 909. The first-order valence-electron chi connectivity index (χ1n) is 11.8. The van der Waals surface area contributed by atoms with Crippen LogP contribution in [0.4, 0.5) is 0 Å². The summed E-state index contributed by atoms with van der Waals surface area (Å²) in [5.41, 5.74) is 2.69. The van der Waals surface area contributed by atoms with Crippen LogP contribution in [-0.4, -0.2) is 6.61 Å². The monoisotopic (exact) mass is 390 g/mol. The lowest BCUT2D eigenvalue weighted by atomic mass is 9.93. The van der Waals surface area contributed by atoms with Gasteiger partial charge in [0.15, 0.2) is 0 Å². The minimum absolute atomic E-state index is 0.820. The van der Waals surface area contributed by atoms with Crippen molar-refractivity contribution in [1.82, 2.24) is 0 Å². The molecular weight excluding hydrogens is 352 g/mol. The van der Waals surface area contributed by atoms with E-state index in [-0.39, 0.29) is 0 Å². The van der Waals surface area contributed by atoms with Gasteiger partial charge in [0.25, 0.3) is 0 Å². The highest BCUT2D eigenvalue weighted by molar-refractivity contribution is 6.07. The van der Waals surface area contributed by atoms with Crippen molar-refractivity contribution in [1.29, 1.82) is 0 Å². The van der Waals surface area contributed by atoms with E-state index in [1.54, 1.807) is 0 Å². The largest absolute Gasteiger partial charge is 0.493 e. The van der Waals surface area contributed by atoms with E-state index in [4.69, 9.17) is 4.74 Å². The molecule has 0 radical (unpaired) electrons. The Morgan fingerprint density at radius 1 is 0.586 bits per heavy atom. The Labute approximate surface area is 177 Å². The van der Waals surface area contributed by atoms with Gasteiger partial charge in [0.2, 0.25) is 0 Å². The summed E-state index contributed by atoms with van der Waals surface area (Å²) in [5, 5.41) is 5.30. The summed E-state index contributed by atoms with van der Waals surface area (Å²) in [7, 11) is 0. The molecule has 0 fully saturated rings. The zero-order chi connectivity index (χ0) is 20.5. The van der Waals surface area contributed by atoms with Gasteiger partial charge in [-0.05, 0) is 53.6 Å². The molecule has 0 aliphatic heterocycles. The Morgan fingerprint density at radius 2 is 1.14 bits per heavy atom. The molecule has 1 heteroatoms. The average Bonchev–Trinajstić information content (AvgIpc) is 2.75. The third kappa shape index (κ3) is 5.53. The number of hydrogen-bond acceptors (Lipinski definition) is 1. The van der Waals surface area contributed by atoms with E-state index in [1.165, 1.54) is 90.5 Å². The molecule has 0 heterocycles. The maximum Gasteiger partial charge on any atom is 0.127 e. The fourth-order valence-corrected chi connectivity index (χ4v) is 4.54. The van der Waals surface area contributed by atoms with Crippen LogP contribution in [0.3, 0.4) is 0 Å². The lowest BCUT2D eigenvalue weighted by Gasteiger charge is -2.16. The van der Waals surface area contributed by atoms with Crippen LogP contribution in [0.15, 0.2) is 42.5 Å². The highest BCUT2D eigenvalue weighted by Crippen LogP contribution is 2.37. The minimum atomic E-state index is 0.820. The fourth-order valence-electron chi connectivity index (χ4n) is 4.54. The van der Waals surface area contributed by atoms with Gasteiger partial charge in [0.05, 0.1) is 6.61 Å². The van der Waals surface area contributed by atoms with Gasteiger partial charge in [-0.1, -0.05) is 101 Å². The highest BCUT2D eigenvalue weighted by atomic mass is 16.5. The molecule has 0 saturated heterocycles. The molecule has 0 spiro atoms. The summed E-state index contributed by atoms with van der Waals surface area (Å²) in [6.07, 6.45) is 13.6. The third-order valence-corrected chi connectivity index (χ3v) is 6.30. The fraction of sp³-hybridized carbons (Fsp3) is 0.500. The van der Waals surface area contributed by atoms with Crippen molar-refractivity contribution in [2.45, 2.75) is 85.0 Å². The first kappa shape index (κ1) is 21.7. The normalized spacial score (nSPS) is 11.4. The van der Waals surface area contributed by atoms with Crippen LogP contribution in [0.1, 0.15) is 82.3 Å². The van der Waals surface area contributed by atoms with Crippen LogP contribution < -0.4 is 4.74 Å². The number of fused-ring (bicyclic) bond motifs is 2. The molecule has 0 bridgehead atoms. The van der Waals surface area contributed by atoms with Crippen LogP contribution >= 0.6 is 0 Å². The maximum atomic E-state index is 6.28. The number of rotatable bonds is 12. The van der Waals surface area contributed by atoms with Crippen molar-refractivity contribution in [2.24, 2.45) is 0 Å². The molecule has 3 rings (SSSR count). The Kier molecular flexibility index (Phi) is 8.40. The van der Waals surface area contributed by atoms with Gasteiger partial charge in [-0.15, -0.1) is 0 Å². The van der Waals surface area contributed by atoms with E-state index in [2.05, 4.69) is 63.2 Å². The first-order valence-corrected chi connectivity index (χ1v) is 11.8. The second kappa shape index (κ2) is 11.2. The highest BCUT2D eigenvalue weighted by Gasteiger charge is 2.12. The Balaban J connectivity index is 1.52. The molecule has 3 aromatic rings. The summed E-state index contributed by atoms with van der Waals surface area (Å²) < 4.78 is 6.28. The molecule has 0 N–H and O–H groups in total. The first-order chi connectivity index (χ1) is 14.2. The Hall–Kier alpha value is -2.02. The molecule has 0 amide bonds. The van der Waals surface area contributed by atoms with Crippen molar-refractivity contribution in [3.8, 4) is 5.75 Å². The number of benzene rings is 3. The van der Waals surface area contributed by atoms with E-state index < -0.39 is 0 Å². The second-order valence-electron chi connectivity index (χ2n) is 8.50. The van der Waals surface area contributed by atoms with Crippen LogP contribution in [-0.2, 0) is 0 Å². The lowest BCUT2D eigenvalue weighted by molar-refractivity contribution is 0.307. The number of ether oxygens (including phenoxy) is 1. The van der Waals surface area contributed by atoms with Crippen LogP contribution in [0.2, 0.25) is 0 Å². The zero-order valence-corrected chi connectivity index (χ0v) is 18.7.